The Balaban J connectivity index is 1.97. The maximum absolute atomic E-state index is 11.9. The Labute approximate surface area is 124 Å². The van der Waals surface area contributed by atoms with Gasteiger partial charge >= 0.3 is 6.09 Å². The van der Waals surface area contributed by atoms with Crippen LogP contribution in [0.4, 0.5) is 4.79 Å². The third-order valence-corrected chi connectivity index (χ3v) is 5.28. The number of nitrogens with zero attached hydrogens (tertiary/aromatic N) is 1. The van der Waals surface area contributed by atoms with E-state index in [9.17, 15) is 15.0 Å². The average molecular weight is 303 g/mol. The van der Waals surface area contributed by atoms with Crippen molar-refractivity contribution in [2.45, 2.75) is 44.8 Å². The van der Waals surface area contributed by atoms with Crippen LogP contribution in [0.15, 0.2) is 0 Å². The van der Waals surface area contributed by atoms with Crippen LogP contribution in [0.3, 0.4) is 0 Å². The Bertz CT molecular complexity index is 368. The normalized spacial score (nSPS) is 24.9. The van der Waals surface area contributed by atoms with Gasteiger partial charge in [-0.2, -0.15) is 11.8 Å². The molecule has 0 aliphatic carbocycles. The van der Waals surface area contributed by atoms with E-state index in [-0.39, 0.29) is 25.8 Å². The number of amides is 1. The summed E-state index contributed by atoms with van der Waals surface area (Å²) in [5.74, 6) is 1.91. The number of hydrogen-bond acceptors (Lipinski definition) is 5. The summed E-state index contributed by atoms with van der Waals surface area (Å²) < 4.78 is 5.30. The summed E-state index contributed by atoms with van der Waals surface area (Å²) in [6, 6.07) is 0. The van der Waals surface area contributed by atoms with E-state index in [1.807, 2.05) is 32.5 Å². The van der Waals surface area contributed by atoms with E-state index < -0.39 is 16.6 Å². The molecule has 2 rings (SSSR count). The molecule has 20 heavy (non-hydrogen) atoms. The summed E-state index contributed by atoms with van der Waals surface area (Å²) in [7, 11) is 0. The molecule has 0 aromatic rings. The maximum Gasteiger partial charge on any atom is 0.410 e. The standard InChI is InChI=1S/C14H25NO4S/c1-12(2,3)19-11(17)15-8-14(18,9-15)13(10-16)4-6-20-7-5-13/h16,18H,4-10H2,1-3H3. The fourth-order valence-corrected chi connectivity index (χ4v) is 4.18. The second-order valence-corrected chi connectivity index (χ2v) is 8.14. The number of ether oxygens (including phenoxy) is 1. The van der Waals surface area contributed by atoms with Gasteiger partial charge in [-0.1, -0.05) is 0 Å². The molecule has 2 aliphatic heterocycles. The molecule has 0 aromatic carbocycles. The van der Waals surface area contributed by atoms with Crippen molar-refractivity contribution in [3.63, 3.8) is 0 Å². The number of β-amino-alcohol motifs (C(OH)–C–C–N with tert-alkyl or cyclic N) is 1. The molecule has 2 saturated heterocycles. The van der Waals surface area contributed by atoms with Crippen LogP contribution in [0, 0.1) is 5.41 Å². The van der Waals surface area contributed by atoms with Gasteiger partial charge in [0.1, 0.15) is 11.2 Å². The molecular weight excluding hydrogens is 278 g/mol. The first-order valence-electron chi connectivity index (χ1n) is 7.10. The Kier molecular flexibility index (Phi) is 4.29. The van der Waals surface area contributed by atoms with Crippen molar-refractivity contribution in [1.82, 2.24) is 4.90 Å². The second kappa shape index (κ2) is 5.39. The maximum atomic E-state index is 11.9. The summed E-state index contributed by atoms with van der Waals surface area (Å²) in [5, 5.41) is 20.5. The minimum Gasteiger partial charge on any atom is -0.444 e. The van der Waals surface area contributed by atoms with Gasteiger partial charge in [0.25, 0.3) is 0 Å². The molecule has 0 radical (unpaired) electrons. The third-order valence-electron chi connectivity index (χ3n) is 4.30. The van der Waals surface area contributed by atoms with Gasteiger partial charge in [0.05, 0.1) is 19.7 Å². The van der Waals surface area contributed by atoms with Crippen molar-refractivity contribution in [1.29, 1.82) is 0 Å². The van der Waals surface area contributed by atoms with Crippen molar-refractivity contribution < 1.29 is 19.7 Å². The highest BCUT2D eigenvalue weighted by Gasteiger charge is 2.58. The van der Waals surface area contributed by atoms with Gasteiger partial charge in [0, 0.05) is 5.41 Å². The molecule has 2 heterocycles. The van der Waals surface area contributed by atoms with E-state index in [1.54, 1.807) is 0 Å². The lowest BCUT2D eigenvalue weighted by Gasteiger charge is -2.57. The minimum absolute atomic E-state index is 0.0216. The Morgan fingerprint density at radius 3 is 2.30 bits per heavy atom. The minimum atomic E-state index is -0.973. The number of aliphatic hydroxyl groups excluding tert-OH is 1. The summed E-state index contributed by atoms with van der Waals surface area (Å²) in [5.41, 5.74) is -1.96. The van der Waals surface area contributed by atoms with Crippen LogP contribution in [0.2, 0.25) is 0 Å². The zero-order chi connectivity index (χ0) is 15.0. The average Bonchev–Trinajstić information content (AvgIpc) is 2.33. The number of carbonyl (C=O) groups excluding carboxylic acids is 1. The van der Waals surface area contributed by atoms with Crippen LogP contribution in [-0.4, -0.2) is 63.6 Å². The van der Waals surface area contributed by atoms with Gasteiger partial charge in [0.15, 0.2) is 0 Å². The number of aliphatic hydroxyl groups is 2. The highest BCUT2D eigenvalue weighted by Crippen LogP contribution is 2.47. The van der Waals surface area contributed by atoms with E-state index in [0.29, 0.717) is 0 Å². The Hall–Kier alpha value is -0.460. The SMILES string of the molecule is CC(C)(C)OC(=O)N1CC(O)(C2(CO)CCSCC2)C1. The van der Waals surface area contributed by atoms with E-state index in [1.165, 1.54) is 4.90 Å². The molecule has 0 atom stereocenters. The molecule has 5 nitrogen and oxygen atoms in total. The van der Waals surface area contributed by atoms with Gasteiger partial charge < -0.3 is 19.8 Å². The number of likely N-dealkylation sites (tertiary alicyclic amines) is 1. The van der Waals surface area contributed by atoms with Gasteiger partial charge in [-0.15, -0.1) is 0 Å². The van der Waals surface area contributed by atoms with Gasteiger partial charge in [-0.3, -0.25) is 0 Å². The first kappa shape index (κ1) is 15.9. The number of carbonyl (C=O) groups is 1. The molecule has 2 aliphatic rings. The third kappa shape index (κ3) is 2.92. The molecule has 1 amide bonds. The fourth-order valence-electron chi connectivity index (χ4n) is 2.91. The molecule has 0 bridgehead atoms. The molecule has 116 valence electrons. The van der Waals surface area contributed by atoms with Crippen molar-refractivity contribution in [3.05, 3.63) is 0 Å². The quantitative estimate of drug-likeness (QED) is 0.808. The molecule has 0 spiro atoms. The number of hydrogen-bond donors (Lipinski definition) is 2. The number of thioether (sulfide) groups is 1. The largest absolute Gasteiger partial charge is 0.444 e. The van der Waals surface area contributed by atoms with E-state index in [0.717, 1.165) is 24.3 Å². The molecule has 0 unspecified atom stereocenters. The van der Waals surface area contributed by atoms with Gasteiger partial charge in [-0.25, -0.2) is 4.79 Å². The summed E-state index contributed by atoms with van der Waals surface area (Å²) >= 11 is 1.85. The fraction of sp³-hybridized carbons (Fsp3) is 0.929. The van der Waals surface area contributed by atoms with Crippen molar-refractivity contribution in [2.75, 3.05) is 31.2 Å². The van der Waals surface area contributed by atoms with Crippen molar-refractivity contribution in [2.24, 2.45) is 5.41 Å². The molecule has 2 fully saturated rings. The predicted octanol–water partition coefficient (Wildman–Crippen LogP) is 1.47. The lowest BCUT2D eigenvalue weighted by atomic mass is 9.64. The lowest BCUT2D eigenvalue weighted by molar-refractivity contribution is -0.189. The van der Waals surface area contributed by atoms with Crippen LogP contribution < -0.4 is 0 Å². The lowest BCUT2D eigenvalue weighted by Crippen LogP contribution is -2.72. The topological polar surface area (TPSA) is 70.0 Å². The van der Waals surface area contributed by atoms with Gasteiger partial charge in [-0.05, 0) is 45.1 Å². The van der Waals surface area contributed by atoms with Crippen LogP contribution in [0.1, 0.15) is 33.6 Å². The van der Waals surface area contributed by atoms with E-state index >= 15 is 0 Å². The summed E-state index contributed by atoms with van der Waals surface area (Å²) in [6.07, 6.45) is 1.21. The van der Waals surface area contributed by atoms with E-state index in [2.05, 4.69) is 0 Å². The highest BCUT2D eigenvalue weighted by atomic mass is 32.2. The second-order valence-electron chi connectivity index (χ2n) is 6.92. The first-order valence-corrected chi connectivity index (χ1v) is 8.26. The van der Waals surface area contributed by atoms with Crippen LogP contribution >= 0.6 is 11.8 Å². The Morgan fingerprint density at radius 2 is 1.85 bits per heavy atom. The molecular formula is C14H25NO4S. The summed E-state index contributed by atoms with van der Waals surface area (Å²) in [6.45, 7) is 5.96. The van der Waals surface area contributed by atoms with E-state index in [4.69, 9.17) is 4.74 Å². The van der Waals surface area contributed by atoms with Gasteiger partial charge in [0.2, 0.25) is 0 Å². The van der Waals surface area contributed by atoms with Crippen molar-refractivity contribution >= 4 is 17.9 Å². The Morgan fingerprint density at radius 1 is 1.30 bits per heavy atom. The van der Waals surface area contributed by atoms with Crippen LogP contribution in [0.25, 0.3) is 0 Å². The highest BCUT2D eigenvalue weighted by molar-refractivity contribution is 7.99. The van der Waals surface area contributed by atoms with Crippen LogP contribution in [-0.2, 0) is 4.74 Å². The monoisotopic (exact) mass is 303 g/mol. The molecule has 0 aromatic heterocycles. The zero-order valence-electron chi connectivity index (χ0n) is 12.5. The number of rotatable bonds is 2. The van der Waals surface area contributed by atoms with Crippen molar-refractivity contribution in [3.8, 4) is 0 Å². The zero-order valence-corrected chi connectivity index (χ0v) is 13.3. The smallest absolute Gasteiger partial charge is 0.410 e. The molecule has 2 N–H and O–H groups in total. The predicted molar refractivity (Wildman–Crippen MR) is 78.8 cm³/mol. The summed E-state index contributed by atoms with van der Waals surface area (Å²) in [4.78, 5) is 13.4. The molecule has 6 heteroatoms. The first-order chi connectivity index (χ1) is 9.21. The van der Waals surface area contributed by atoms with Crippen LogP contribution in [0.5, 0.6) is 0 Å². The molecule has 0 saturated carbocycles.